The van der Waals surface area contributed by atoms with Crippen LogP contribution in [0.15, 0.2) is 24.3 Å². The molecule has 0 aromatic heterocycles. The largest absolute Gasteiger partial charge is 0.490 e. The van der Waals surface area contributed by atoms with E-state index in [4.69, 9.17) is 14.6 Å². The van der Waals surface area contributed by atoms with Crippen molar-refractivity contribution in [3.05, 3.63) is 24.3 Å². The molecule has 1 aromatic rings. The van der Waals surface area contributed by atoms with Crippen LogP contribution in [0.1, 0.15) is 26.2 Å². The van der Waals surface area contributed by atoms with Crippen molar-refractivity contribution in [1.82, 2.24) is 5.32 Å². The molecule has 1 fully saturated rings. The molecule has 1 saturated carbocycles. The highest BCUT2D eigenvalue weighted by Crippen LogP contribution is 2.33. The molecule has 0 heterocycles. The molecule has 1 atom stereocenters. The highest BCUT2D eigenvalue weighted by Gasteiger charge is 2.30. The summed E-state index contributed by atoms with van der Waals surface area (Å²) in [6.45, 7) is 2.12. The van der Waals surface area contributed by atoms with Crippen molar-refractivity contribution in [3.63, 3.8) is 0 Å². The van der Waals surface area contributed by atoms with Crippen molar-refractivity contribution in [3.8, 4) is 11.5 Å². The van der Waals surface area contributed by atoms with Crippen molar-refractivity contribution >= 4 is 11.9 Å². The maximum absolute atomic E-state index is 11.9. The Bertz CT molecular complexity index is 527. The Morgan fingerprint density at radius 1 is 1.27 bits per heavy atom. The summed E-state index contributed by atoms with van der Waals surface area (Å²) in [5, 5.41) is 11.6. The van der Waals surface area contributed by atoms with Crippen LogP contribution >= 0.6 is 0 Å². The Morgan fingerprint density at radius 2 is 1.91 bits per heavy atom. The second kappa shape index (κ2) is 7.68. The zero-order chi connectivity index (χ0) is 15.9. The number of hydrogen-bond acceptors (Lipinski definition) is 4. The lowest BCUT2D eigenvalue weighted by molar-refractivity contribution is -0.142. The van der Waals surface area contributed by atoms with Gasteiger partial charge in [-0.15, -0.1) is 0 Å². The van der Waals surface area contributed by atoms with Gasteiger partial charge in [0.2, 0.25) is 0 Å². The monoisotopic (exact) mass is 307 g/mol. The Kier molecular flexibility index (Phi) is 5.63. The van der Waals surface area contributed by atoms with Gasteiger partial charge in [0.05, 0.1) is 6.61 Å². The molecular formula is C16H21NO5. The molecule has 1 amide bonds. The molecule has 2 rings (SSSR count). The predicted octanol–water partition coefficient (Wildman–Crippen LogP) is 1.83. The number of ether oxygens (including phenoxy) is 2. The van der Waals surface area contributed by atoms with Crippen molar-refractivity contribution in [2.75, 3.05) is 13.2 Å². The van der Waals surface area contributed by atoms with E-state index in [1.165, 1.54) is 0 Å². The van der Waals surface area contributed by atoms with Gasteiger partial charge in [-0.2, -0.15) is 0 Å². The zero-order valence-electron chi connectivity index (χ0n) is 12.6. The maximum Gasteiger partial charge on any atom is 0.326 e. The van der Waals surface area contributed by atoms with Crippen molar-refractivity contribution < 1.29 is 24.2 Å². The number of carbonyl (C=O) groups is 2. The van der Waals surface area contributed by atoms with Gasteiger partial charge in [-0.05, 0) is 31.4 Å². The summed E-state index contributed by atoms with van der Waals surface area (Å²) in [6.07, 6.45) is 2.56. The predicted molar refractivity (Wildman–Crippen MR) is 80.0 cm³/mol. The summed E-state index contributed by atoms with van der Waals surface area (Å²) < 4.78 is 10.8. The van der Waals surface area contributed by atoms with E-state index in [2.05, 4.69) is 5.32 Å². The van der Waals surface area contributed by atoms with Crippen molar-refractivity contribution in [1.29, 1.82) is 0 Å². The lowest BCUT2D eigenvalue weighted by Gasteiger charge is -2.15. The maximum atomic E-state index is 11.9. The van der Waals surface area contributed by atoms with Crippen LogP contribution < -0.4 is 14.8 Å². The van der Waals surface area contributed by atoms with E-state index in [9.17, 15) is 9.59 Å². The van der Waals surface area contributed by atoms with Crippen LogP contribution in [0.2, 0.25) is 0 Å². The van der Waals surface area contributed by atoms with E-state index >= 15 is 0 Å². The molecule has 0 aliphatic heterocycles. The lowest BCUT2D eigenvalue weighted by atomic mass is 10.1. The average molecular weight is 307 g/mol. The van der Waals surface area contributed by atoms with Crippen LogP contribution in [0.5, 0.6) is 11.5 Å². The summed E-state index contributed by atoms with van der Waals surface area (Å²) in [5.74, 6) is -0.00514. The van der Waals surface area contributed by atoms with Crippen LogP contribution in [0.4, 0.5) is 0 Å². The minimum atomic E-state index is -1.00. The standard InChI is InChI=1S/C16H21NO5/c1-2-21-13-5-3-4-6-14(13)22-10-15(18)17-12(16(19)20)9-11-7-8-11/h3-6,11-12H,2,7-10H2,1H3,(H,17,18)(H,19,20). The summed E-state index contributed by atoms with van der Waals surface area (Å²) in [7, 11) is 0. The average Bonchev–Trinajstić information content (AvgIpc) is 3.30. The Balaban J connectivity index is 1.85. The SMILES string of the molecule is CCOc1ccccc1OCC(=O)NC(CC1CC1)C(=O)O. The van der Waals surface area contributed by atoms with Crippen molar-refractivity contribution in [2.45, 2.75) is 32.2 Å². The highest BCUT2D eigenvalue weighted by molar-refractivity contribution is 5.84. The topological polar surface area (TPSA) is 84.9 Å². The number of amides is 1. The Labute approximate surface area is 129 Å². The molecule has 6 heteroatoms. The van der Waals surface area contributed by atoms with E-state index in [1.807, 2.05) is 13.0 Å². The fraction of sp³-hybridized carbons (Fsp3) is 0.500. The number of aliphatic carboxylic acids is 1. The minimum Gasteiger partial charge on any atom is -0.490 e. The normalized spacial score (nSPS) is 15.0. The fourth-order valence-electron chi connectivity index (χ4n) is 2.13. The first-order chi connectivity index (χ1) is 10.6. The van der Waals surface area contributed by atoms with Gasteiger partial charge in [0.15, 0.2) is 18.1 Å². The molecule has 0 saturated heterocycles. The van der Waals surface area contributed by atoms with Crippen LogP contribution in [0, 0.1) is 5.92 Å². The molecule has 6 nitrogen and oxygen atoms in total. The first-order valence-corrected chi connectivity index (χ1v) is 7.47. The second-order valence-electron chi connectivity index (χ2n) is 5.31. The van der Waals surface area contributed by atoms with Gasteiger partial charge < -0.3 is 19.9 Å². The molecule has 1 aromatic carbocycles. The molecule has 1 unspecified atom stereocenters. The number of carbonyl (C=O) groups excluding carboxylic acids is 1. The minimum absolute atomic E-state index is 0.238. The summed E-state index contributed by atoms with van der Waals surface area (Å²) >= 11 is 0. The van der Waals surface area contributed by atoms with Gasteiger partial charge >= 0.3 is 5.97 Å². The quantitative estimate of drug-likeness (QED) is 0.727. The number of hydrogen-bond donors (Lipinski definition) is 2. The molecule has 0 radical (unpaired) electrons. The third-order valence-corrected chi connectivity index (χ3v) is 3.41. The number of rotatable bonds is 9. The molecule has 0 spiro atoms. The number of para-hydroxylation sites is 2. The molecule has 1 aliphatic rings. The van der Waals surface area contributed by atoms with Gasteiger partial charge in [-0.3, -0.25) is 4.79 Å². The van der Waals surface area contributed by atoms with E-state index in [1.54, 1.807) is 18.2 Å². The molecular weight excluding hydrogens is 286 g/mol. The summed E-state index contributed by atoms with van der Waals surface area (Å²) in [4.78, 5) is 23.0. The first kappa shape index (κ1) is 16.1. The van der Waals surface area contributed by atoms with Crippen LogP contribution in [-0.2, 0) is 9.59 Å². The zero-order valence-corrected chi connectivity index (χ0v) is 12.6. The fourth-order valence-corrected chi connectivity index (χ4v) is 2.13. The molecule has 1 aliphatic carbocycles. The molecule has 120 valence electrons. The molecule has 22 heavy (non-hydrogen) atoms. The van der Waals surface area contributed by atoms with Crippen LogP contribution in [-0.4, -0.2) is 36.2 Å². The van der Waals surface area contributed by atoms with E-state index in [0.717, 1.165) is 12.8 Å². The van der Waals surface area contributed by atoms with Crippen molar-refractivity contribution in [2.24, 2.45) is 5.92 Å². The van der Waals surface area contributed by atoms with Gasteiger partial charge in [-0.1, -0.05) is 25.0 Å². The lowest BCUT2D eigenvalue weighted by Crippen LogP contribution is -2.43. The first-order valence-electron chi connectivity index (χ1n) is 7.47. The number of carboxylic acids is 1. The van der Waals surface area contributed by atoms with Gasteiger partial charge in [-0.25, -0.2) is 4.79 Å². The third-order valence-electron chi connectivity index (χ3n) is 3.41. The van der Waals surface area contributed by atoms with E-state index < -0.39 is 17.9 Å². The molecule has 0 bridgehead atoms. The summed E-state index contributed by atoms with van der Waals surface area (Å²) in [6, 6.07) is 6.21. The van der Waals surface area contributed by atoms with Gasteiger partial charge in [0.1, 0.15) is 6.04 Å². The highest BCUT2D eigenvalue weighted by atomic mass is 16.5. The number of nitrogens with one attached hydrogen (secondary N) is 1. The Morgan fingerprint density at radius 3 is 2.45 bits per heavy atom. The second-order valence-corrected chi connectivity index (χ2v) is 5.31. The van der Waals surface area contributed by atoms with Gasteiger partial charge in [0, 0.05) is 0 Å². The third kappa shape index (κ3) is 4.95. The van der Waals surface area contributed by atoms with Crippen LogP contribution in [0.25, 0.3) is 0 Å². The number of benzene rings is 1. The van der Waals surface area contributed by atoms with Crippen LogP contribution in [0.3, 0.4) is 0 Å². The molecule has 2 N–H and O–H groups in total. The smallest absolute Gasteiger partial charge is 0.326 e. The van der Waals surface area contributed by atoms with E-state index in [-0.39, 0.29) is 6.61 Å². The van der Waals surface area contributed by atoms with E-state index in [0.29, 0.717) is 30.4 Å². The summed E-state index contributed by atoms with van der Waals surface area (Å²) in [5.41, 5.74) is 0. The Hall–Kier alpha value is -2.24. The number of carboxylic acid groups (broad SMARTS) is 1. The van der Waals surface area contributed by atoms with Gasteiger partial charge in [0.25, 0.3) is 5.91 Å².